The summed E-state index contributed by atoms with van der Waals surface area (Å²) < 4.78 is 0. The standard InChI is InChI=1S/C32H30N2O2/c1-3-16-34-30(35)19-25-17-24-18-29(32(25,34)20-28(24)23-10-5-4-6-11-23)31(36)33-21(2)26-15-9-13-22-12-7-8-14-27(22)26/h4-15,18-21,24H,3,16-17H2,1-2H3,(H,33,36)/t21-,24+,32?/m1/s1. The molecule has 0 fully saturated rings. The zero-order chi connectivity index (χ0) is 24.9. The van der Waals surface area contributed by atoms with Crippen LogP contribution in [0, 0.1) is 5.92 Å². The van der Waals surface area contributed by atoms with Crippen molar-refractivity contribution >= 4 is 28.2 Å². The number of carbonyl (C=O) groups excluding carboxylic acids is 2. The van der Waals surface area contributed by atoms with Crippen LogP contribution in [0.15, 0.2) is 102 Å². The molecule has 4 heteroatoms. The normalized spacial score (nSPS) is 23.2. The van der Waals surface area contributed by atoms with E-state index in [-0.39, 0.29) is 23.8 Å². The van der Waals surface area contributed by atoms with Crippen LogP contribution in [-0.4, -0.2) is 28.8 Å². The van der Waals surface area contributed by atoms with Crippen LogP contribution in [0.4, 0.5) is 0 Å². The highest BCUT2D eigenvalue weighted by Crippen LogP contribution is 2.54. The average Bonchev–Trinajstić information content (AvgIpc) is 3.19. The minimum atomic E-state index is -0.810. The van der Waals surface area contributed by atoms with Crippen molar-refractivity contribution in [2.24, 2.45) is 5.92 Å². The molecule has 0 radical (unpaired) electrons. The molecule has 1 heterocycles. The van der Waals surface area contributed by atoms with Crippen molar-refractivity contribution in [1.29, 1.82) is 0 Å². The molecule has 2 bridgehead atoms. The molecule has 1 aliphatic heterocycles. The molecule has 3 aromatic carbocycles. The maximum absolute atomic E-state index is 14.0. The van der Waals surface area contributed by atoms with Crippen molar-refractivity contribution in [3.8, 4) is 0 Å². The molecular formula is C32H30N2O2. The average molecular weight is 475 g/mol. The zero-order valence-electron chi connectivity index (χ0n) is 20.7. The molecule has 3 atom stereocenters. The number of benzene rings is 3. The first-order valence-corrected chi connectivity index (χ1v) is 12.8. The van der Waals surface area contributed by atoms with E-state index in [2.05, 4.69) is 60.8 Å². The third kappa shape index (κ3) is 3.35. The highest BCUT2D eigenvalue weighted by Gasteiger charge is 2.56. The quantitative estimate of drug-likeness (QED) is 0.478. The molecule has 0 saturated heterocycles. The Balaban J connectivity index is 1.40. The molecular weight excluding hydrogens is 444 g/mol. The van der Waals surface area contributed by atoms with E-state index in [4.69, 9.17) is 0 Å². The second-order valence-corrected chi connectivity index (χ2v) is 10.0. The molecule has 4 aliphatic rings. The van der Waals surface area contributed by atoms with Gasteiger partial charge in [-0.2, -0.15) is 0 Å². The van der Waals surface area contributed by atoms with E-state index < -0.39 is 5.54 Å². The van der Waals surface area contributed by atoms with E-state index in [1.165, 1.54) is 5.57 Å². The molecule has 0 saturated carbocycles. The van der Waals surface area contributed by atoms with Gasteiger partial charge in [0.15, 0.2) is 0 Å². The van der Waals surface area contributed by atoms with Crippen molar-refractivity contribution in [3.05, 3.63) is 113 Å². The fraction of sp³-hybridized carbons (Fsp3) is 0.250. The van der Waals surface area contributed by atoms with Crippen LogP contribution in [0.1, 0.15) is 43.9 Å². The summed E-state index contributed by atoms with van der Waals surface area (Å²) in [7, 11) is 0. The Bertz CT molecular complexity index is 1460. The van der Waals surface area contributed by atoms with Gasteiger partial charge in [0.2, 0.25) is 11.8 Å². The molecule has 180 valence electrons. The Morgan fingerprint density at radius 2 is 1.81 bits per heavy atom. The second-order valence-electron chi connectivity index (χ2n) is 10.0. The van der Waals surface area contributed by atoms with E-state index in [0.717, 1.165) is 40.3 Å². The fourth-order valence-corrected chi connectivity index (χ4v) is 6.29. The van der Waals surface area contributed by atoms with Gasteiger partial charge in [0.25, 0.3) is 0 Å². The lowest BCUT2D eigenvalue weighted by Crippen LogP contribution is -2.56. The predicted molar refractivity (Wildman–Crippen MR) is 144 cm³/mol. The van der Waals surface area contributed by atoms with Gasteiger partial charge in [0.1, 0.15) is 5.54 Å². The summed E-state index contributed by atoms with van der Waals surface area (Å²) in [5.74, 6) is -0.0347. The summed E-state index contributed by atoms with van der Waals surface area (Å²) in [5.41, 5.74) is 4.34. The van der Waals surface area contributed by atoms with Gasteiger partial charge in [0, 0.05) is 24.1 Å². The molecule has 1 unspecified atom stereocenters. The van der Waals surface area contributed by atoms with Crippen LogP contribution in [-0.2, 0) is 9.59 Å². The number of carbonyl (C=O) groups is 2. The summed E-state index contributed by atoms with van der Waals surface area (Å²) in [5, 5.41) is 5.57. The Hall–Kier alpha value is -3.92. The molecule has 0 aromatic heterocycles. The second kappa shape index (κ2) is 8.63. The minimum absolute atomic E-state index is 0.00105. The third-order valence-electron chi connectivity index (χ3n) is 7.90. The minimum Gasteiger partial charge on any atom is -0.346 e. The third-order valence-corrected chi connectivity index (χ3v) is 7.90. The number of allylic oxidation sites excluding steroid dienone is 2. The van der Waals surface area contributed by atoms with Crippen LogP contribution in [0.25, 0.3) is 16.3 Å². The largest absolute Gasteiger partial charge is 0.346 e. The maximum atomic E-state index is 14.0. The van der Waals surface area contributed by atoms with Gasteiger partial charge in [0.05, 0.1) is 6.04 Å². The van der Waals surface area contributed by atoms with E-state index in [1.54, 1.807) is 6.08 Å². The highest BCUT2D eigenvalue weighted by atomic mass is 16.2. The van der Waals surface area contributed by atoms with Crippen molar-refractivity contribution in [2.45, 2.75) is 38.3 Å². The number of hydrogen-bond donors (Lipinski definition) is 1. The summed E-state index contributed by atoms with van der Waals surface area (Å²) in [4.78, 5) is 29.0. The summed E-state index contributed by atoms with van der Waals surface area (Å²) in [6, 6.07) is 24.6. The van der Waals surface area contributed by atoms with Gasteiger partial charge >= 0.3 is 0 Å². The van der Waals surface area contributed by atoms with Crippen LogP contribution < -0.4 is 5.32 Å². The van der Waals surface area contributed by atoms with E-state index >= 15 is 0 Å². The molecule has 7 rings (SSSR count). The molecule has 1 spiro atoms. The van der Waals surface area contributed by atoms with Crippen LogP contribution in [0.2, 0.25) is 0 Å². The lowest BCUT2D eigenvalue weighted by atomic mass is 9.63. The van der Waals surface area contributed by atoms with Crippen LogP contribution >= 0.6 is 0 Å². The van der Waals surface area contributed by atoms with Gasteiger partial charge in [-0.1, -0.05) is 85.8 Å². The van der Waals surface area contributed by atoms with Gasteiger partial charge in [-0.05, 0) is 58.9 Å². The first-order valence-electron chi connectivity index (χ1n) is 12.8. The number of fused-ring (bicyclic) bond motifs is 1. The van der Waals surface area contributed by atoms with Crippen LogP contribution in [0.5, 0.6) is 0 Å². The van der Waals surface area contributed by atoms with Gasteiger partial charge < -0.3 is 10.2 Å². The number of hydrogen-bond acceptors (Lipinski definition) is 2. The molecule has 36 heavy (non-hydrogen) atoms. The summed E-state index contributed by atoms with van der Waals surface area (Å²) >= 11 is 0. The van der Waals surface area contributed by atoms with Gasteiger partial charge in [-0.25, -0.2) is 0 Å². The van der Waals surface area contributed by atoms with Crippen molar-refractivity contribution in [1.82, 2.24) is 10.2 Å². The van der Waals surface area contributed by atoms with Crippen molar-refractivity contribution in [2.75, 3.05) is 6.54 Å². The first-order chi connectivity index (χ1) is 17.5. The molecule has 2 amide bonds. The molecule has 3 aliphatic carbocycles. The smallest absolute Gasteiger partial charge is 0.250 e. The lowest BCUT2D eigenvalue weighted by molar-refractivity contribution is -0.127. The number of amides is 2. The monoisotopic (exact) mass is 474 g/mol. The molecule has 3 aromatic rings. The maximum Gasteiger partial charge on any atom is 0.250 e. The highest BCUT2D eigenvalue weighted by molar-refractivity contribution is 6.06. The number of nitrogens with one attached hydrogen (secondary N) is 1. The van der Waals surface area contributed by atoms with E-state index in [0.29, 0.717) is 12.1 Å². The zero-order valence-corrected chi connectivity index (χ0v) is 20.7. The summed E-state index contributed by atoms with van der Waals surface area (Å²) in [6.07, 6.45) is 7.68. The fourth-order valence-electron chi connectivity index (χ4n) is 6.29. The first kappa shape index (κ1) is 22.5. The number of nitrogens with zero attached hydrogens (tertiary/aromatic N) is 1. The molecule has 4 nitrogen and oxygen atoms in total. The Labute approximate surface area is 212 Å². The Morgan fingerprint density at radius 1 is 1.06 bits per heavy atom. The number of rotatable bonds is 6. The van der Waals surface area contributed by atoms with E-state index in [9.17, 15) is 9.59 Å². The Kier molecular flexibility index (Phi) is 5.40. The topological polar surface area (TPSA) is 49.4 Å². The van der Waals surface area contributed by atoms with Crippen LogP contribution in [0.3, 0.4) is 0 Å². The van der Waals surface area contributed by atoms with Gasteiger partial charge in [-0.3, -0.25) is 9.59 Å². The van der Waals surface area contributed by atoms with E-state index in [1.807, 2.05) is 48.2 Å². The van der Waals surface area contributed by atoms with Crippen molar-refractivity contribution < 1.29 is 9.59 Å². The van der Waals surface area contributed by atoms with Gasteiger partial charge in [-0.15, -0.1) is 0 Å². The predicted octanol–water partition coefficient (Wildman–Crippen LogP) is 5.98. The van der Waals surface area contributed by atoms with Crippen molar-refractivity contribution in [3.63, 3.8) is 0 Å². The lowest BCUT2D eigenvalue weighted by Gasteiger charge is -2.48. The molecule has 1 N–H and O–H groups in total. The SMILES string of the molecule is CCCN1C(=O)C=C2C[C@H]3C=C(C(=O)N[C@H](C)c4cccc5ccccc45)C21C=C3c1ccccc1. The Morgan fingerprint density at radius 3 is 2.61 bits per heavy atom. The summed E-state index contributed by atoms with van der Waals surface area (Å²) in [6.45, 7) is 4.71.